The van der Waals surface area contributed by atoms with Crippen LogP contribution in [0.5, 0.6) is 0 Å². The van der Waals surface area contributed by atoms with Crippen molar-refractivity contribution in [3.05, 3.63) is 53.9 Å². The van der Waals surface area contributed by atoms with Crippen LogP contribution in [0.25, 0.3) is 11.1 Å². The summed E-state index contributed by atoms with van der Waals surface area (Å²) in [7, 11) is 0. The molecule has 88 valence electrons. The van der Waals surface area contributed by atoms with Gasteiger partial charge in [0.05, 0.1) is 12.7 Å². The van der Waals surface area contributed by atoms with Crippen LogP contribution in [0.1, 0.15) is 24.2 Å². The Labute approximate surface area is 100 Å². The highest BCUT2D eigenvalue weighted by Gasteiger charge is 2.12. The predicted octanol–water partition coefficient (Wildman–Crippen LogP) is 2.29. The third kappa shape index (κ3) is 2.35. The molecular weight excluding hydrogens is 214 g/mol. The standard InChI is InChI=1S/C14H15NO2/c1-10(17)12-5-2-6-13(14(12)9-16)11-4-3-7-15-8-11/h2-8,10,16-17H,9H2,1H3. The van der Waals surface area contributed by atoms with E-state index in [1.54, 1.807) is 19.3 Å². The van der Waals surface area contributed by atoms with Gasteiger partial charge in [-0.05, 0) is 29.7 Å². The topological polar surface area (TPSA) is 53.4 Å². The van der Waals surface area contributed by atoms with E-state index < -0.39 is 6.10 Å². The summed E-state index contributed by atoms with van der Waals surface area (Å²) in [5.74, 6) is 0. The molecule has 3 nitrogen and oxygen atoms in total. The van der Waals surface area contributed by atoms with Crippen molar-refractivity contribution in [1.82, 2.24) is 4.98 Å². The monoisotopic (exact) mass is 229 g/mol. The molecule has 1 atom stereocenters. The number of hydrogen-bond donors (Lipinski definition) is 2. The third-order valence-electron chi connectivity index (χ3n) is 2.79. The van der Waals surface area contributed by atoms with Gasteiger partial charge in [-0.3, -0.25) is 4.98 Å². The quantitative estimate of drug-likeness (QED) is 0.849. The minimum Gasteiger partial charge on any atom is -0.392 e. The second-order valence-electron chi connectivity index (χ2n) is 3.95. The molecule has 0 saturated heterocycles. The average Bonchev–Trinajstić information content (AvgIpc) is 2.38. The highest BCUT2D eigenvalue weighted by molar-refractivity contribution is 5.68. The number of pyridine rings is 1. The average molecular weight is 229 g/mol. The molecule has 1 aromatic heterocycles. The Bertz CT molecular complexity index is 495. The van der Waals surface area contributed by atoms with Crippen LogP contribution in [0.4, 0.5) is 0 Å². The fourth-order valence-electron chi connectivity index (χ4n) is 1.97. The highest BCUT2D eigenvalue weighted by atomic mass is 16.3. The van der Waals surface area contributed by atoms with Crippen LogP contribution in [-0.4, -0.2) is 15.2 Å². The predicted molar refractivity (Wildman–Crippen MR) is 66.2 cm³/mol. The van der Waals surface area contributed by atoms with E-state index in [0.29, 0.717) is 0 Å². The van der Waals surface area contributed by atoms with Crippen LogP contribution in [0.3, 0.4) is 0 Å². The Kier molecular flexibility index (Phi) is 3.52. The summed E-state index contributed by atoms with van der Waals surface area (Å²) in [5, 5.41) is 19.2. The summed E-state index contributed by atoms with van der Waals surface area (Å²) >= 11 is 0. The van der Waals surface area contributed by atoms with Gasteiger partial charge in [0, 0.05) is 18.0 Å². The lowest BCUT2D eigenvalue weighted by atomic mass is 9.94. The highest BCUT2D eigenvalue weighted by Crippen LogP contribution is 2.28. The van der Waals surface area contributed by atoms with Crippen molar-refractivity contribution in [2.45, 2.75) is 19.6 Å². The van der Waals surface area contributed by atoms with E-state index in [0.717, 1.165) is 22.3 Å². The fourth-order valence-corrected chi connectivity index (χ4v) is 1.97. The Morgan fingerprint density at radius 1 is 1.24 bits per heavy atom. The van der Waals surface area contributed by atoms with Crippen LogP contribution in [0, 0.1) is 0 Å². The molecule has 17 heavy (non-hydrogen) atoms. The normalized spacial score (nSPS) is 12.4. The first-order valence-corrected chi connectivity index (χ1v) is 5.55. The largest absolute Gasteiger partial charge is 0.392 e. The van der Waals surface area contributed by atoms with Crippen molar-refractivity contribution in [2.24, 2.45) is 0 Å². The van der Waals surface area contributed by atoms with Gasteiger partial charge in [0.2, 0.25) is 0 Å². The van der Waals surface area contributed by atoms with Gasteiger partial charge >= 0.3 is 0 Å². The van der Waals surface area contributed by atoms with Gasteiger partial charge < -0.3 is 10.2 Å². The van der Waals surface area contributed by atoms with Crippen molar-refractivity contribution in [2.75, 3.05) is 0 Å². The number of aromatic nitrogens is 1. The number of benzene rings is 1. The molecule has 0 saturated carbocycles. The van der Waals surface area contributed by atoms with E-state index in [9.17, 15) is 10.2 Å². The van der Waals surface area contributed by atoms with Gasteiger partial charge in [0.1, 0.15) is 0 Å². The zero-order valence-corrected chi connectivity index (χ0v) is 9.67. The first-order chi connectivity index (χ1) is 8.24. The molecule has 0 aliphatic heterocycles. The summed E-state index contributed by atoms with van der Waals surface area (Å²) < 4.78 is 0. The van der Waals surface area contributed by atoms with Gasteiger partial charge in [-0.25, -0.2) is 0 Å². The Morgan fingerprint density at radius 3 is 2.65 bits per heavy atom. The van der Waals surface area contributed by atoms with Crippen molar-refractivity contribution in [3.8, 4) is 11.1 Å². The summed E-state index contributed by atoms with van der Waals surface area (Å²) in [5.41, 5.74) is 3.38. The second kappa shape index (κ2) is 5.08. The smallest absolute Gasteiger partial charge is 0.0765 e. The fraction of sp³-hybridized carbons (Fsp3) is 0.214. The van der Waals surface area contributed by atoms with Crippen LogP contribution < -0.4 is 0 Å². The first kappa shape index (κ1) is 11.8. The molecule has 1 aromatic carbocycles. The summed E-state index contributed by atoms with van der Waals surface area (Å²) in [4.78, 5) is 4.07. The maximum Gasteiger partial charge on any atom is 0.0765 e. The van der Waals surface area contributed by atoms with Gasteiger partial charge in [-0.2, -0.15) is 0 Å². The van der Waals surface area contributed by atoms with E-state index >= 15 is 0 Å². The summed E-state index contributed by atoms with van der Waals surface area (Å²) in [6, 6.07) is 9.42. The van der Waals surface area contributed by atoms with Crippen molar-refractivity contribution < 1.29 is 10.2 Å². The SMILES string of the molecule is CC(O)c1cccc(-c2cccnc2)c1CO. The summed E-state index contributed by atoms with van der Waals surface area (Å²) in [6.45, 7) is 1.60. The lowest BCUT2D eigenvalue weighted by molar-refractivity contribution is 0.193. The van der Waals surface area contributed by atoms with Crippen LogP contribution in [-0.2, 0) is 6.61 Å². The van der Waals surface area contributed by atoms with Crippen LogP contribution in [0.2, 0.25) is 0 Å². The van der Waals surface area contributed by atoms with Gasteiger partial charge in [0.25, 0.3) is 0 Å². The first-order valence-electron chi connectivity index (χ1n) is 5.55. The third-order valence-corrected chi connectivity index (χ3v) is 2.79. The lowest BCUT2D eigenvalue weighted by Crippen LogP contribution is -2.01. The minimum absolute atomic E-state index is 0.0920. The maximum atomic E-state index is 9.68. The maximum absolute atomic E-state index is 9.68. The molecule has 0 bridgehead atoms. The molecule has 2 N–H and O–H groups in total. The molecule has 0 radical (unpaired) electrons. The number of aliphatic hydroxyl groups is 2. The zero-order chi connectivity index (χ0) is 12.3. The molecule has 0 aliphatic carbocycles. The van der Waals surface area contributed by atoms with Gasteiger partial charge in [-0.1, -0.05) is 24.3 Å². The van der Waals surface area contributed by atoms with E-state index in [1.807, 2.05) is 30.3 Å². The summed E-state index contributed by atoms with van der Waals surface area (Å²) in [6.07, 6.45) is 2.87. The molecule has 0 fully saturated rings. The Hall–Kier alpha value is -1.71. The van der Waals surface area contributed by atoms with Gasteiger partial charge in [0.15, 0.2) is 0 Å². The number of rotatable bonds is 3. The molecule has 1 heterocycles. The Balaban J connectivity index is 2.59. The van der Waals surface area contributed by atoms with E-state index in [1.165, 1.54) is 0 Å². The zero-order valence-electron chi connectivity index (χ0n) is 9.67. The molecule has 2 rings (SSSR count). The molecule has 0 aliphatic rings. The Morgan fingerprint density at radius 2 is 2.06 bits per heavy atom. The van der Waals surface area contributed by atoms with Crippen molar-refractivity contribution in [3.63, 3.8) is 0 Å². The number of hydrogen-bond acceptors (Lipinski definition) is 3. The number of aliphatic hydroxyl groups excluding tert-OH is 2. The van der Waals surface area contributed by atoms with E-state index in [4.69, 9.17) is 0 Å². The molecule has 3 heteroatoms. The van der Waals surface area contributed by atoms with E-state index in [2.05, 4.69) is 4.98 Å². The number of nitrogens with zero attached hydrogens (tertiary/aromatic N) is 1. The van der Waals surface area contributed by atoms with Crippen molar-refractivity contribution in [1.29, 1.82) is 0 Å². The molecule has 0 spiro atoms. The second-order valence-corrected chi connectivity index (χ2v) is 3.95. The lowest BCUT2D eigenvalue weighted by Gasteiger charge is -2.14. The van der Waals surface area contributed by atoms with Crippen LogP contribution in [0.15, 0.2) is 42.7 Å². The van der Waals surface area contributed by atoms with Crippen molar-refractivity contribution >= 4 is 0 Å². The van der Waals surface area contributed by atoms with Crippen LogP contribution >= 0.6 is 0 Å². The molecule has 1 unspecified atom stereocenters. The molecule has 0 amide bonds. The molecule has 2 aromatic rings. The van der Waals surface area contributed by atoms with E-state index in [-0.39, 0.29) is 6.61 Å². The van der Waals surface area contributed by atoms with Gasteiger partial charge in [-0.15, -0.1) is 0 Å². The molecular formula is C14H15NO2. The minimum atomic E-state index is -0.589.